The second kappa shape index (κ2) is 5.20. The fraction of sp³-hybridized carbons (Fsp3) is 0.786. The molecule has 1 atom stereocenters. The predicted octanol–water partition coefficient (Wildman–Crippen LogP) is 0.504. The first kappa shape index (κ1) is 15.6. The molecule has 21 heavy (non-hydrogen) atoms. The van der Waals surface area contributed by atoms with Crippen molar-refractivity contribution < 1.29 is 19.5 Å². The number of nitrogens with zero attached hydrogens (tertiary/aromatic N) is 2. The number of carboxylic acid groups (broad SMARTS) is 1. The third-order valence-electron chi connectivity index (χ3n) is 4.84. The van der Waals surface area contributed by atoms with Crippen molar-refractivity contribution in [2.45, 2.75) is 39.2 Å². The van der Waals surface area contributed by atoms with Crippen molar-refractivity contribution >= 4 is 17.9 Å². The van der Waals surface area contributed by atoms with Crippen LogP contribution in [0.5, 0.6) is 0 Å². The third-order valence-corrected chi connectivity index (χ3v) is 4.84. The van der Waals surface area contributed by atoms with Crippen molar-refractivity contribution in [2.24, 2.45) is 5.41 Å². The summed E-state index contributed by atoms with van der Waals surface area (Å²) in [5, 5.41) is 12.2. The number of urea groups is 1. The summed E-state index contributed by atoms with van der Waals surface area (Å²) in [5.41, 5.74) is -1.76. The highest BCUT2D eigenvalue weighted by atomic mass is 16.4. The second-order valence-electron chi connectivity index (χ2n) is 6.36. The molecule has 0 bridgehead atoms. The standard InChI is InChI=1S/C14H23N3O4/c1-4-14(11(19)20)5-7-16(9-14)12(21)17-8-6-15-10(18)13(17,2)3/h4-9H2,1-3H3,(H,15,18)(H,19,20). The van der Waals surface area contributed by atoms with Crippen LogP contribution in [0.1, 0.15) is 33.6 Å². The van der Waals surface area contributed by atoms with Crippen molar-refractivity contribution in [3.63, 3.8) is 0 Å². The maximum absolute atomic E-state index is 12.7. The van der Waals surface area contributed by atoms with E-state index in [1.165, 1.54) is 0 Å². The molecule has 0 aromatic carbocycles. The highest BCUT2D eigenvalue weighted by molar-refractivity contribution is 5.91. The van der Waals surface area contributed by atoms with Gasteiger partial charge in [-0.2, -0.15) is 0 Å². The van der Waals surface area contributed by atoms with Gasteiger partial charge in [-0.05, 0) is 26.7 Å². The van der Waals surface area contributed by atoms with Crippen LogP contribution < -0.4 is 5.32 Å². The average Bonchev–Trinajstić information content (AvgIpc) is 2.87. The Labute approximate surface area is 124 Å². The molecular weight excluding hydrogens is 274 g/mol. The normalized spacial score (nSPS) is 28.4. The van der Waals surface area contributed by atoms with E-state index in [4.69, 9.17) is 0 Å². The van der Waals surface area contributed by atoms with Crippen molar-refractivity contribution in [3.05, 3.63) is 0 Å². The van der Waals surface area contributed by atoms with Crippen LogP contribution in [0.15, 0.2) is 0 Å². The number of likely N-dealkylation sites (tertiary alicyclic amines) is 1. The van der Waals surface area contributed by atoms with E-state index >= 15 is 0 Å². The number of aliphatic carboxylic acids is 1. The van der Waals surface area contributed by atoms with Gasteiger partial charge in [0.1, 0.15) is 5.54 Å². The van der Waals surface area contributed by atoms with E-state index in [9.17, 15) is 19.5 Å². The lowest BCUT2D eigenvalue weighted by Crippen LogP contribution is -2.65. The minimum atomic E-state index is -0.907. The molecule has 0 saturated carbocycles. The van der Waals surface area contributed by atoms with Crippen LogP contribution in [0.25, 0.3) is 0 Å². The summed E-state index contributed by atoms with van der Waals surface area (Å²) < 4.78 is 0. The number of nitrogens with one attached hydrogen (secondary N) is 1. The number of amides is 3. The quantitative estimate of drug-likeness (QED) is 0.777. The van der Waals surface area contributed by atoms with E-state index in [2.05, 4.69) is 5.32 Å². The van der Waals surface area contributed by atoms with Crippen LogP contribution in [0.3, 0.4) is 0 Å². The van der Waals surface area contributed by atoms with Gasteiger partial charge in [0.05, 0.1) is 5.41 Å². The Balaban J connectivity index is 2.15. The fourth-order valence-corrected chi connectivity index (χ4v) is 3.06. The van der Waals surface area contributed by atoms with Gasteiger partial charge in [-0.25, -0.2) is 4.79 Å². The molecule has 7 nitrogen and oxygen atoms in total. The average molecular weight is 297 g/mol. The van der Waals surface area contributed by atoms with Gasteiger partial charge in [-0.1, -0.05) is 6.92 Å². The smallest absolute Gasteiger partial charge is 0.320 e. The van der Waals surface area contributed by atoms with Crippen LogP contribution in [-0.4, -0.2) is 64.5 Å². The van der Waals surface area contributed by atoms with E-state index in [1.54, 1.807) is 23.6 Å². The van der Waals surface area contributed by atoms with E-state index in [1.807, 2.05) is 6.92 Å². The zero-order valence-electron chi connectivity index (χ0n) is 12.8. The minimum absolute atomic E-state index is 0.179. The lowest BCUT2D eigenvalue weighted by atomic mass is 9.84. The van der Waals surface area contributed by atoms with E-state index in [0.717, 1.165) is 0 Å². The monoisotopic (exact) mass is 297 g/mol. The molecule has 2 fully saturated rings. The van der Waals surface area contributed by atoms with Crippen LogP contribution in [0.4, 0.5) is 4.79 Å². The maximum atomic E-state index is 12.7. The maximum Gasteiger partial charge on any atom is 0.320 e. The first-order chi connectivity index (χ1) is 9.74. The van der Waals surface area contributed by atoms with Gasteiger partial charge >= 0.3 is 12.0 Å². The molecule has 0 spiro atoms. The Morgan fingerprint density at radius 3 is 2.52 bits per heavy atom. The Bertz CT molecular complexity index is 477. The number of hydrogen-bond acceptors (Lipinski definition) is 3. The summed E-state index contributed by atoms with van der Waals surface area (Å²) in [6, 6.07) is -0.244. The van der Waals surface area contributed by atoms with Crippen LogP contribution in [0.2, 0.25) is 0 Å². The molecule has 118 valence electrons. The fourth-order valence-electron chi connectivity index (χ4n) is 3.06. The predicted molar refractivity (Wildman–Crippen MR) is 75.7 cm³/mol. The summed E-state index contributed by atoms with van der Waals surface area (Å²) >= 11 is 0. The molecular formula is C14H23N3O4. The SMILES string of the molecule is CCC1(C(=O)O)CCN(C(=O)N2CCNC(=O)C2(C)C)C1. The summed E-state index contributed by atoms with van der Waals surface area (Å²) in [4.78, 5) is 39.2. The zero-order chi connectivity index (χ0) is 15.8. The molecule has 7 heteroatoms. The van der Waals surface area contributed by atoms with Gasteiger partial charge in [-0.15, -0.1) is 0 Å². The summed E-state index contributed by atoms with van der Waals surface area (Å²) in [7, 11) is 0. The number of carboxylic acids is 1. The molecule has 2 N–H and O–H groups in total. The van der Waals surface area contributed by atoms with Crippen LogP contribution >= 0.6 is 0 Å². The number of carbonyl (C=O) groups is 3. The Morgan fingerprint density at radius 2 is 2.00 bits per heavy atom. The molecule has 0 aliphatic carbocycles. The van der Waals surface area contributed by atoms with Gasteiger partial charge in [0, 0.05) is 26.2 Å². The van der Waals surface area contributed by atoms with E-state index in [0.29, 0.717) is 32.5 Å². The highest BCUT2D eigenvalue weighted by Gasteiger charge is 2.48. The molecule has 2 aliphatic heterocycles. The molecule has 3 amide bonds. The van der Waals surface area contributed by atoms with Crippen LogP contribution in [-0.2, 0) is 9.59 Å². The Hall–Kier alpha value is -1.79. The van der Waals surface area contributed by atoms with Crippen molar-refractivity contribution in [1.82, 2.24) is 15.1 Å². The minimum Gasteiger partial charge on any atom is -0.481 e. The van der Waals surface area contributed by atoms with E-state index < -0.39 is 16.9 Å². The second-order valence-corrected chi connectivity index (χ2v) is 6.36. The summed E-state index contributed by atoms with van der Waals surface area (Å²) in [5.74, 6) is -1.03. The Kier molecular flexibility index (Phi) is 3.86. The number of carbonyl (C=O) groups excluding carboxylic acids is 2. The zero-order valence-corrected chi connectivity index (χ0v) is 12.8. The summed E-state index contributed by atoms with van der Waals surface area (Å²) in [6.45, 7) is 6.76. The highest BCUT2D eigenvalue weighted by Crippen LogP contribution is 2.35. The van der Waals surface area contributed by atoms with Crippen LogP contribution in [0, 0.1) is 5.41 Å². The summed E-state index contributed by atoms with van der Waals surface area (Å²) in [6.07, 6.45) is 0.959. The molecule has 2 saturated heterocycles. The van der Waals surface area contributed by atoms with E-state index in [-0.39, 0.29) is 18.5 Å². The van der Waals surface area contributed by atoms with Gasteiger partial charge in [0.15, 0.2) is 0 Å². The van der Waals surface area contributed by atoms with Crippen molar-refractivity contribution in [1.29, 1.82) is 0 Å². The number of piperazine rings is 1. The lowest BCUT2D eigenvalue weighted by molar-refractivity contribution is -0.148. The molecule has 2 aliphatic rings. The molecule has 0 aromatic heterocycles. The first-order valence-corrected chi connectivity index (χ1v) is 7.33. The number of hydrogen-bond donors (Lipinski definition) is 2. The molecule has 0 aromatic rings. The molecule has 0 radical (unpaired) electrons. The Morgan fingerprint density at radius 1 is 1.33 bits per heavy atom. The van der Waals surface area contributed by atoms with Crippen molar-refractivity contribution in [3.8, 4) is 0 Å². The largest absolute Gasteiger partial charge is 0.481 e. The third kappa shape index (κ3) is 2.45. The van der Waals surface area contributed by atoms with Crippen molar-refractivity contribution in [2.75, 3.05) is 26.2 Å². The van der Waals surface area contributed by atoms with Gasteiger partial charge in [-0.3, -0.25) is 9.59 Å². The van der Waals surface area contributed by atoms with Gasteiger partial charge < -0.3 is 20.2 Å². The molecule has 2 heterocycles. The number of rotatable bonds is 2. The molecule has 2 rings (SSSR count). The molecule has 1 unspecified atom stereocenters. The lowest BCUT2D eigenvalue weighted by Gasteiger charge is -2.42. The van der Waals surface area contributed by atoms with Gasteiger partial charge in [0.25, 0.3) is 0 Å². The van der Waals surface area contributed by atoms with Gasteiger partial charge in [0.2, 0.25) is 5.91 Å². The topological polar surface area (TPSA) is 89.9 Å². The first-order valence-electron chi connectivity index (χ1n) is 7.33.